The maximum absolute atomic E-state index is 5.71. The molecule has 9 heavy (non-hydrogen) atoms. The van der Waals surface area contributed by atoms with Gasteiger partial charge in [0.1, 0.15) is 0 Å². The van der Waals surface area contributed by atoms with Crippen LogP contribution in [-0.4, -0.2) is 22.9 Å². The van der Waals surface area contributed by atoms with Crippen molar-refractivity contribution in [3.8, 4) is 5.75 Å². The zero-order chi connectivity index (χ0) is 6.69. The maximum atomic E-state index is 5.71. The third-order valence-corrected chi connectivity index (χ3v) is 1.89. The van der Waals surface area contributed by atoms with Crippen LogP contribution in [0, 0.1) is 0 Å². The van der Waals surface area contributed by atoms with Crippen molar-refractivity contribution in [2.24, 2.45) is 0 Å². The molecule has 1 nitrogen and oxygen atoms in total. The van der Waals surface area contributed by atoms with Gasteiger partial charge in [-0.2, -0.15) is 0 Å². The van der Waals surface area contributed by atoms with Gasteiger partial charge in [-0.1, -0.05) is 0 Å². The topological polar surface area (TPSA) is 9.23 Å². The van der Waals surface area contributed by atoms with Gasteiger partial charge in [-0.05, 0) is 0 Å². The monoisotopic (exact) mass is 247 g/mol. The molecule has 1 aromatic carbocycles. The van der Waals surface area contributed by atoms with Crippen LogP contribution in [0.15, 0.2) is 24.3 Å². The zero-order valence-corrected chi connectivity index (χ0v) is 8.21. The first-order valence-electron chi connectivity index (χ1n) is 2.42. The average Bonchev–Trinajstić information content (AvgIpc) is 1.89. The number of benzene rings is 1. The van der Waals surface area contributed by atoms with Crippen molar-refractivity contribution in [1.82, 2.24) is 0 Å². The van der Waals surface area contributed by atoms with Gasteiger partial charge >= 0.3 is 72.7 Å². The second-order valence-corrected chi connectivity index (χ2v) is 2.52. The van der Waals surface area contributed by atoms with E-state index >= 15 is 0 Å². The van der Waals surface area contributed by atoms with Crippen molar-refractivity contribution in [3.63, 3.8) is 0 Å². The summed E-state index contributed by atoms with van der Waals surface area (Å²) in [6.45, 7) is 0. The van der Waals surface area contributed by atoms with Crippen LogP contribution in [0.5, 0.6) is 5.75 Å². The number of hydrogen-bond acceptors (Lipinski definition) is 1. The van der Waals surface area contributed by atoms with Gasteiger partial charge in [0, 0.05) is 0 Å². The van der Waals surface area contributed by atoms with Crippen molar-refractivity contribution >= 4 is 34.5 Å². The van der Waals surface area contributed by atoms with E-state index in [2.05, 4.69) is 0 Å². The first kappa shape index (κ1) is 7.22. The van der Waals surface area contributed by atoms with E-state index in [9.17, 15) is 0 Å². The van der Waals surface area contributed by atoms with E-state index in [0.717, 1.165) is 28.7 Å². The molecule has 0 aromatic heterocycles. The molecule has 45 valence electrons. The zero-order valence-electron chi connectivity index (χ0n) is 4.60. The molecule has 0 aliphatic rings. The number of hydrogen-bond donors (Lipinski definition) is 0. The van der Waals surface area contributed by atoms with Gasteiger partial charge in [-0.15, -0.1) is 0 Å². The summed E-state index contributed by atoms with van der Waals surface area (Å²) in [5.74, 6) is 0.761. The molecule has 0 aliphatic carbocycles. The molecule has 0 amide bonds. The molecule has 0 spiro atoms. The molecular formula is C6H4ClOSn. The standard InChI is InChI=1S/C6H5ClO.Sn/c7-5-3-1-2-4-6(5)8;/h1-4,8H;/q;+1/p-1. The van der Waals surface area contributed by atoms with E-state index in [1.165, 1.54) is 0 Å². The molecule has 0 N–H and O–H groups in total. The van der Waals surface area contributed by atoms with Gasteiger partial charge in [0.2, 0.25) is 0 Å². The molecular weight excluding hydrogens is 242 g/mol. The second kappa shape index (κ2) is 3.32. The third kappa shape index (κ3) is 1.76. The van der Waals surface area contributed by atoms with E-state index in [-0.39, 0.29) is 0 Å². The summed E-state index contributed by atoms with van der Waals surface area (Å²) in [5.41, 5.74) is 0. The summed E-state index contributed by atoms with van der Waals surface area (Å²) in [4.78, 5) is 0. The Labute approximate surface area is 72.6 Å². The molecule has 0 atom stereocenters. The molecule has 1 aromatic rings. The fourth-order valence-corrected chi connectivity index (χ4v) is 1.39. The summed E-state index contributed by atoms with van der Waals surface area (Å²) in [6, 6.07) is 7.42. The van der Waals surface area contributed by atoms with Crippen LogP contribution in [0.2, 0.25) is 5.02 Å². The van der Waals surface area contributed by atoms with Crippen molar-refractivity contribution in [3.05, 3.63) is 29.3 Å². The number of rotatable bonds is 1. The Kier molecular flexibility index (Phi) is 2.66. The Balaban J connectivity index is 3.01. The molecule has 0 fully saturated rings. The van der Waals surface area contributed by atoms with Crippen LogP contribution in [0.1, 0.15) is 0 Å². The fourth-order valence-electron chi connectivity index (χ4n) is 0.528. The molecule has 3 heteroatoms. The van der Waals surface area contributed by atoms with Crippen LogP contribution >= 0.6 is 11.6 Å². The summed E-state index contributed by atoms with van der Waals surface area (Å²) in [6.07, 6.45) is 0. The van der Waals surface area contributed by atoms with E-state index in [0.29, 0.717) is 5.02 Å². The molecule has 0 unspecified atom stereocenters. The molecule has 0 saturated carbocycles. The Bertz CT molecular complexity index is 202. The Morgan fingerprint density at radius 2 is 2.00 bits per heavy atom. The summed E-state index contributed by atoms with van der Waals surface area (Å²) < 4.78 is 5.00. The normalized spacial score (nSPS) is 9.11. The molecule has 3 radical (unpaired) electrons. The first-order chi connectivity index (χ1) is 4.34. The van der Waals surface area contributed by atoms with E-state index in [4.69, 9.17) is 14.7 Å². The predicted molar refractivity (Wildman–Crippen MR) is 37.8 cm³/mol. The first-order valence-corrected chi connectivity index (χ1v) is 3.97. The predicted octanol–water partition coefficient (Wildman–Crippen LogP) is 1.80. The molecule has 0 heterocycles. The van der Waals surface area contributed by atoms with Crippen molar-refractivity contribution in [2.45, 2.75) is 0 Å². The summed E-state index contributed by atoms with van der Waals surface area (Å²) in [7, 11) is 0. The van der Waals surface area contributed by atoms with E-state index in [1.807, 2.05) is 18.2 Å². The van der Waals surface area contributed by atoms with Gasteiger partial charge in [-0.3, -0.25) is 0 Å². The summed E-state index contributed by atoms with van der Waals surface area (Å²) in [5, 5.41) is 0.675. The van der Waals surface area contributed by atoms with Crippen molar-refractivity contribution in [2.75, 3.05) is 0 Å². The van der Waals surface area contributed by atoms with Gasteiger partial charge in [0.05, 0.1) is 0 Å². The van der Waals surface area contributed by atoms with Crippen molar-refractivity contribution in [1.29, 1.82) is 0 Å². The van der Waals surface area contributed by atoms with Gasteiger partial charge < -0.3 is 0 Å². The fraction of sp³-hybridized carbons (Fsp3) is 0. The van der Waals surface area contributed by atoms with Crippen LogP contribution in [0.4, 0.5) is 0 Å². The Morgan fingerprint density at radius 1 is 1.33 bits per heavy atom. The average molecular weight is 246 g/mol. The third-order valence-electron chi connectivity index (χ3n) is 0.947. The van der Waals surface area contributed by atoms with Crippen LogP contribution < -0.4 is 3.07 Å². The quantitative estimate of drug-likeness (QED) is 0.687. The molecule has 0 bridgehead atoms. The Hall–Kier alpha value is 0.109. The van der Waals surface area contributed by atoms with Crippen molar-refractivity contribution < 1.29 is 3.07 Å². The second-order valence-electron chi connectivity index (χ2n) is 1.53. The molecule has 0 saturated heterocycles. The Morgan fingerprint density at radius 3 is 2.44 bits per heavy atom. The van der Waals surface area contributed by atoms with Gasteiger partial charge in [0.15, 0.2) is 0 Å². The molecule has 0 aliphatic heterocycles. The van der Waals surface area contributed by atoms with Crippen LogP contribution in [0.3, 0.4) is 0 Å². The van der Waals surface area contributed by atoms with Gasteiger partial charge in [0.25, 0.3) is 0 Å². The number of halogens is 1. The van der Waals surface area contributed by atoms with E-state index in [1.54, 1.807) is 6.07 Å². The van der Waals surface area contributed by atoms with Gasteiger partial charge in [-0.25, -0.2) is 0 Å². The SMILES string of the molecule is Clc1ccccc1[O][Sn]. The van der Waals surface area contributed by atoms with E-state index < -0.39 is 0 Å². The number of para-hydroxylation sites is 1. The minimum atomic E-state index is 0.675. The molecule has 1 rings (SSSR count). The summed E-state index contributed by atoms with van der Waals surface area (Å²) >= 11 is 6.72. The van der Waals surface area contributed by atoms with Crippen LogP contribution in [-0.2, 0) is 0 Å². The minimum absolute atomic E-state index is 0.675. The van der Waals surface area contributed by atoms with Crippen LogP contribution in [0.25, 0.3) is 0 Å².